The molecule has 2 fully saturated rings. The first-order valence-corrected chi connectivity index (χ1v) is 9.87. The Kier molecular flexibility index (Phi) is 5.20. The van der Waals surface area contributed by atoms with Crippen molar-refractivity contribution in [1.29, 1.82) is 0 Å². The minimum atomic E-state index is 0.223. The molecule has 2 saturated heterocycles. The van der Waals surface area contributed by atoms with Crippen LogP contribution in [0.15, 0.2) is 24.8 Å². The average Bonchev–Trinajstić information content (AvgIpc) is 3.19. The van der Waals surface area contributed by atoms with Crippen molar-refractivity contribution in [3.8, 4) is 0 Å². The van der Waals surface area contributed by atoms with Gasteiger partial charge in [0, 0.05) is 43.9 Å². The van der Waals surface area contributed by atoms with E-state index in [1.54, 1.807) is 12.4 Å². The standard InChI is InChI=1S/C20H28N6O/c1-16-9-22-18(12-21-16)13-26-15-20(6-3-19(26)27)5-2-7-25(14-20)8-4-17-10-23-24-11-17/h9-12H,2-8,13-15H2,1H3,(H,23,24)/t20-/m1/s1. The third-order valence-electron chi connectivity index (χ3n) is 5.95. The molecule has 1 N–H and O–H groups in total. The highest BCUT2D eigenvalue weighted by Crippen LogP contribution is 2.39. The number of nitrogens with one attached hydrogen (secondary N) is 1. The molecule has 144 valence electrons. The fraction of sp³-hybridized carbons (Fsp3) is 0.600. The molecule has 2 aliphatic rings. The molecule has 2 aliphatic heterocycles. The molecular formula is C20H28N6O. The largest absolute Gasteiger partial charge is 0.336 e. The summed E-state index contributed by atoms with van der Waals surface area (Å²) < 4.78 is 0. The van der Waals surface area contributed by atoms with Crippen molar-refractivity contribution in [2.24, 2.45) is 5.41 Å². The molecule has 2 aromatic rings. The third kappa shape index (κ3) is 4.35. The van der Waals surface area contributed by atoms with Crippen LogP contribution < -0.4 is 0 Å². The number of piperidine rings is 2. The van der Waals surface area contributed by atoms with E-state index < -0.39 is 0 Å². The number of carbonyl (C=O) groups excluding carboxylic acids is 1. The number of aryl methyl sites for hydroxylation is 1. The zero-order valence-corrected chi connectivity index (χ0v) is 16.0. The number of aromatic amines is 1. The van der Waals surface area contributed by atoms with Gasteiger partial charge < -0.3 is 9.80 Å². The van der Waals surface area contributed by atoms with Crippen LogP contribution in [0.25, 0.3) is 0 Å². The summed E-state index contributed by atoms with van der Waals surface area (Å²) in [5.74, 6) is 0.249. The van der Waals surface area contributed by atoms with Crippen LogP contribution in [0.3, 0.4) is 0 Å². The monoisotopic (exact) mass is 368 g/mol. The van der Waals surface area contributed by atoms with Gasteiger partial charge in [-0.3, -0.25) is 19.9 Å². The van der Waals surface area contributed by atoms with Gasteiger partial charge in [0.2, 0.25) is 5.91 Å². The number of carbonyl (C=O) groups is 1. The Morgan fingerprint density at radius 1 is 1.19 bits per heavy atom. The number of amides is 1. The molecule has 0 radical (unpaired) electrons. The second-order valence-corrected chi connectivity index (χ2v) is 8.14. The summed E-state index contributed by atoms with van der Waals surface area (Å²) in [5, 5.41) is 6.92. The summed E-state index contributed by atoms with van der Waals surface area (Å²) in [6.45, 7) is 6.62. The smallest absolute Gasteiger partial charge is 0.222 e. The maximum atomic E-state index is 12.5. The Bertz CT molecular complexity index is 759. The van der Waals surface area contributed by atoms with Gasteiger partial charge in [0.1, 0.15) is 0 Å². The van der Waals surface area contributed by atoms with Crippen LogP contribution in [0.5, 0.6) is 0 Å². The zero-order chi connectivity index (χ0) is 18.7. The number of nitrogens with zero attached hydrogens (tertiary/aromatic N) is 5. The van der Waals surface area contributed by atoms with Crippen LogP contribution >= 0.6 is 0 Å². The lowest BCUT2D eigenvalue weighted by atomic mass is 9.73. The molecule has 27 heavy (non-hydrogen) atoms. The molecule has 0 aromatic carbocycles. The minimum Gasteiger partial charge on any atom is -0.336 e. The lowest BCUT2D eigenvalue weighted by Gasteiger charge is -2.48. The van der Waals surface area contributed by atoms with E-state index in [-0.39, 0.29) is 11.3 Å². The van der Waals surface area contributed by atoms with E-state index in [1.165, 1.54) is 18.4 Å². The Labute approximate surface area is 160 Å². The highest BCUT2D eigenvalue weighted by molar-refractivity contribution is 5.77. The number of rotatable bonds is 5. The van der Waals surface area contributed by atoms with E-state index in [0.717, 1.165) is 50.4 Å². The summed E-state index contributed by atoms with van der Waals surface area (Å²) in [6, 6.07) is 0. The van der Waals surface area contributed by atoms with Crippen molar-refractivity contribution in [2.45, 2.75) is 45.6 Å². The lowest BCUT2D eigenvalue weighted by molar-refractivity contribution is -0.140. The lowest BCUT2D eigenvalue weighted by Crippen LogP contribution is -2.54. The summed E-state index contributed by atoms with van der Waals surface area (Å²) >= 11 is 0. The van der Waals surface area contributed by atoms with Gasteiger partial charge in [-0.2, -0.15) is 5.10 Å². The molecule has 0 aliphatic carbocycles. The normalized spacial score (nSPS) is 23.9. The van der Waals surface area contributed by atoms with Crippen LogP contribution in [-0.4, -0.2) is 62.1 Å². The van der Waals surface area contributed by atoms with E-state index in [9.17, 15) is 4.79 Å². The molecule has 7 heteroatoms. The van der Waals surface area contributed by atoms with E-state index in [1.807, 2.05) is 24.2 Å². The molecule has 1 spiro atoms. The van der Waals surface area contributed by atoms with Crippen LogP contribution in [0.1, 0.15) is 42.6 Å². The maximum absolute atomic E-state index is 12.5. The summed E-state index contributed by atoms with van der Waals surface area (Å²) in [7, 11) is 0. The third-order valence-corrected chi connectivity index (χ3v) is 5.95. The molecule has 4 rings (SSSR count). The van der Waals surface area contributed by atoms with Gasteiger partial charge in [0.25, 0.3) is 0 Å². The van der Waals surface area contributed by atoms with Crippen LogP contribution in [0.2, 0.25) is 0 Å². The van der Waals surface area contributed by atoms with Crippen LogP contribution in [-0.2, 0) is 17.8 Å². The van der Waals surface area contributed by atoms with Crippen LogP contribution in [0, 0.1) is 12.3 Å². The van der Waals surface area contributed by atoms with Gasteiger partial charge in [-0.05, 0) is 44.7 Å². The summed E-state index contributed by atoms with van der Waals surface area (Å²) in [6.07, 6.45) is 12.5. The van der Waals surface area contributed by atoms with E-state index in [0.29, 0.717) is 13.0 Å². The van der Waals surface area contributed by atoms with Gasteiger partial charge in [0.15, 0.2) is 0 Å². The number of hydrogen-bond acceptors (Lipinski definition) is 5. The van der Waals surface area contributed by atoms with Gasteiger partial charge in [-0.15, -0.1) is 0 Å². The van der Waals surface area contributed by atoms with Crippen LogP contribution in [0.4, 0.5) is 0 Å². The molecule has 2 aromatic heterocycles. The van der Waals surface area contributed by atoms with Crippen molar-refractivity contribution < 1.29 is 4.79 Å². The van der Waals surface area contributed by atoms with Crippen molar-refractivity contribution >= 4 is 5.91 Å². The molecule has 1 atom stereocenters. The minimum absolute atomic E-state index is 0.223. The molecular weight excluding hydrogens is 340 g/mol. The van der Waals surface area contributed by atoms with Crippen molar-refractivity contribution in [2.75, 3.05) is 26.2 Å². The first kappa shape index (κ1) is 18.1. The molecule has 7 nitrogen and oxygen atoms in total. The number of H-pyrrole nitrogens is 1. The fourth-order valence-corrected chi connectivity index (χ4v) is 4.48. The van der Waals surface area contributed by atoms with Gasteiger partial charge in [0.05, 0.1) is 30.3 Å². The quantitative estimate of drug-likeness (QED) is 0.873. The van der Waals surface area contributed by atoms with Gasteiger partial charge in [-0.1, -0.05) is 0 Å². The molecule has 0 bridgehead atoms. The average molecular weight is 368 g/mol. The second kappa shape index (κ2) is 7.76. The molecule has 0 saturated carbocycles. The maximum Gasteiger partial charge on any atom is 0.222 e. The van der Waals surface area contributed by atoms with Crippen molar-refractivity contribution in [3.63, 3.8) is 0 Å². The summed E-state index contributed by atoms with van der Waals surface area (Å²) in [5.41, 5.74) is 3.26. The Morgan fingerprint density at radius 3 is 2.89 bits per heavy atom. The van der Waals surface area contributed by atoms with Gasteiger partial charge in [-0.25, -0.2) is 0 Å². The SMILES string of the molecule is Cc1cnc(CN2C[C@]3(CCCN(CCc4cn[nH]c4)C3)CCC2=O)cn1. The fourth-order valence-electron chi connectivity index (χ4n) is 4.48. The molecule has 0 unspecified atom stereocenters. The highest BCUT2D eigenvalue weighted by atomic mass is 16.2. The number of likely N-dealkylation sites (tertiary alicyclic amines) is 2. The van der Waals surface area contributed by atoms with E-state index >= 15 is 0 Å². The molecule has 4 heterocycles. The molecule has 1 amide bonds. The zero-order valence-electron chi connectivity index (χ0n) is 16.0. The Morgan fingerprint density at radius 2 is 2.11 bits per heavy atom. The Balaban J connectivity index is 1.39. The topological polar surface area (TPSA) is 78.0 Å². The Hall–Kier alpha value is -2.28. The first-order valence-electron chi connectivity index (χ1n) is 9.87. The number of aromatic nitrogens is 4. The predicted octanol–water partition coefficient (Wildman–Crippen LogP) is 1.96. The van der Waals surface area contributed by atoms with Crippen molar-refractivity contribution in [1.82, 2.24) is 30.0 Å². The van der Waals surface area contributed by atoms with Gasteiger partial charge >= 0.3 is 0 Å². The second-order valence-electron chi connectivity index (χ2n) is 8.14. The first-order chi connectivity index (χ1) is 13.1. The predicted molar refractivity (Wildman–Crippen MR) is 102 cm³/mol. The van der Waals surface area contributed by atoms with E-state index in [2.05, 4.69) is 25.1 Å². The number of hydrogen-bond donors (Lipinski definition) is 1. The summed E-state index contributed by atoms with van der Waals surface area (Å²) in [4.78, 5) is 25.8. The van der Waals surface area contributed by atoms with Crippen molar-refractivity contribution in [3.05, 3.63) is 41.7 Å². The van der Waals surface area contributed by atoms with E-state index in [4.69, 9.17) is 0 Å². The highest BCUT2D eigenvalue weighted by Gasteiger charge is 2.41.